The average Bonchev–Trinajstić information content (AvgIpc) is 2.10. The minimum absolute atomic E-state index is 0. The molecule has 0 aliphatic heterocycles. The standard InChI is InChI=1S/C11H26NO2PS.Hg/c1-7-14-15(6,13)16-9-8-12(10(2)3)11(4)5;/h10-11H,7-9H2,1-6H3;. The van der Waals surface area contributed by atoms with E-state index in [-0.39, 0.29) is 27.7 Å². The summed E-state index contributed by atoms with van der Waals surface area (Å²) in [5.41, 5.74) is 0. The zero-order valence-corrected chi connectivity index (χ0v) is 19.3. The maximum absolute atomic E-state index is 11.9. The van der Waals surface area contributed by atoms with Crippen molar-refractivity contribution in [2.75, 3.05) is 25.6 Å². The Morgan fingerprint density at radius 1 is 1.24 bits per heavy atom. The third kappa shape index (κ3) is 9.95. The van der Waals surface area contributed by atoms with Crippen molar-refractivity contribution < 1.29 is 36.8 Å². The number of hydrogen-bond donors (Lipinski definition) is 0. The van der Waals surface area contributed by atoms with Crippen molar-refractivity contribution in [3.8, 4) is 0 Å². The van der Waals surface area contributed by atoms with Crippen molar-refractivity contribution >= 4 is 18.0 Å². The van der Waals surface area contributed by atoms with Crippen molar-refractivity contribution in [2.24, 2.45) is 0 Å². The van der Waals surface area contributed by atoms with Crippen LogP contribution in [0.5, 0.6) is 0 Å². The van der Waals surface area contributed by atoms with E-state index in [1.54, 1.807) is 6.66 Å². The Hall–Kier alpha value is 1.44. The van der Waals surface area contributed by atoms with E-state index in [4.69, 9.17) is 4.52 Å². The summed E-state index contributed by atoms with van der Waals surface area (Å²) in [6, 6.07) is 1.06. The van der Waals surface area contributed by atoms with Crippen molar-refractivity contribution in [3.63, 3.8) is 0 Å². The molecular formula is C11H26HgNO2PS. The molecule has 0 heterocycles. The second-order valence-corrected chi connectivity index (χ2v) is 9.68. The van der Waals surface area contributed by atoms with Gasteiger partial charge in [0.25, 0.3) is 6.57 Å². The Bertz CT molecular complexity index is 232. The molecule has 0 rings (SSSR count). The van der Waals surface area contributed by atoms with Crippen LogP contribution in [0.25, 0.3) is 0 Å². The van der Waals surface area contributed by atoms with E-state index in [1.165, 1.54) is 11.4 Å². The zero-order valence-electron chi connectivity index (χ0n) is 12.1. The van der Waals surface area contributed by atoms with Gasteiger partial charge in [-0.2, -0.15) is 0 Å². The van der Waals surface area contributed by atoms with Crippen LogP contribution in [0.4, 0.5) is 0 Å². The van der Waals surface area contributed by atoms with Crippen LogP contribution >= 0.6 is 18.0 Å². The monoisotopic (exact) mass is 469 g/mol. The van der Waals surface area contributed by atoms with Crippen LogP contribution in [0.2, 0.25) is 0 Å². The van der Waals surface area contributed by atoms with E-state index < -0.39 is 6.57 Å². The van der Waals surface area contributed by atoms with Gasteiger partial charge in [-0.1, -0.05) is 11.4 Å². The summed E-state index contributed by atoms with van der Waals surface area (Å²) >= 11 is 1.46. The smallest absolute Gasteiger partial charge is 0.254 e. The SMILES string of the molecule is CCOP(C)(=O)SCCN(C(C)C)C(C)C.[Hg]. The summed E-state index contributed by atoms with van der Waals surface area (Å²) in [5, 5.41) is 0. The van der Waals surface area contributed by atoms with Gasteiger partial charge in [-0.3, -0.25) is 9.46 Å². The quantitative estimate of drug-likeness (QED) is 0.402. The maximum Gasteiger partial charge on any atom is 0.254 e. The molecular weight excluding hydrogens is 442 g/mol. The van der Waals surface area contributed by atoms with E-state index >= 15 is 0 Å². The predicted molar refractivity (Wildman–Crippen MR) is 74.6 cm³/mol. The molecule has 0 aromatic rings. The molecule has 0 aliphatic rings. The largest absolute Gasteiger partial charge is 0.322 e. The third-order valence-corrected chi connectivity index (χ3v) is 6.20. The molecule has 0 N–H and O–H groups in total. The van der Waals surface area contributed by atoms with E-state index in [1.807, 2.05) is 6.92 Å². The Morgan fingerprint density at radius 2 is 1.71 bits per heavy atom. The fourth-order valence-electron chi connectivity index (χ4n) is 1.70. The van der Waals surface area contributed by atoms with Gasteiger partial charge in [-0.25, -0.2) is 0 Å². The first-order valence-electron chi connectivity index (χ1n) is 5.92. The van der Waals surface area contributed by atoms with Gasteiger partial charge < -0.3 is 4.52 Å². The summed E-state index contributed by atoms with van der Waals surface area (Å²) in [6.07, 6.45) is 0. The Kier molecular flexibility index (Phi) is 12.5. The Morgan fingerprint density at radius 3 is 2.06 bits per heavy atom. The molecule has 6 heteroatoms. The van der Waals surface area contributed by atoms with Crippen molar-refractivity contribution in [2.45, 2.75) is 46.7 Å². The van der Waals surface area contributed by atoms with Crippen molar-refractivity contribution in [1.29, 1.82) is 0 Å². The van der Waals surface area contributed by atoms with Crippen LogP contribution in [0.15, 0.2) is 0 Å². The summed E-state index contributed by atoms with van der Waals surface area (Å²) in [4.78, 5) is 2.40. The number of hydrogen-bond acceptors (Lipinski definition) is 4. The minimum Gasteiger partial charge on any atom is -0.322 e. The first kappa shape index (κ1) is 20.7. The van der Waals surface area contributed by atoms with Gasteiger partial charge in [0.2, 0.25) is 0 Å². The molecule has 17 heavy (non-hydrogen) atoms. The topological polar surface area (TPSA) is 29.5 Å². The molecule has 1 unspecified atom stereocenters. The average molecular weight is 468 g/mol. The zero-order chi connectivity index (χ0) is 12.8. The van der Waals surface area contributed by atoms with Gasteiger partial charge >= 0.3 is 0 Å². The van der Waals surface area contributed by atoms with Crippen LogP contribution in [-0.2, 0) is 36.8 Å². The summed E-state index contributed by atoms with van der Waals surface area (Å²) < 4.78 is 17.1. The molecule has 0 saturated heterocycles. The van der Waals surface area contributed by atoms with Gasteiger partial charge in [0.1, 0.15) is 0 Å². The van der Waals surface area contributed by atoms with Gasteiger partial charge in [0.15, 0.2) is 0 Å². The van der Waals surface area contributed by atoms with E-state index in [2.05, 4.69) is 32.6 Å². The second-order valence-electron chi connectivity index (χ2n) is 4.45. The molecule has 1 atom stereocenters. The fraction of sp³-hybridized carbons (Fsp3) is 1.00. The molecule has 3 nitrogen and oxygen atoms in total. The van der Waals surface area contributed by atoms with Gasteiger partial charge in [0.05, 0.1) is 6.61 Å². The van der Waals surface area contributed by atoms with Crippen LogP contribution in [0.3, 0.4) is 0 Å². The molecule has 100 valence electrons. The van der Waals surface area contributed by atoms with E-state index in [0.29, 0.717) is 18.7 Å². The molecule has 0 aromatic carbocycles. The van der Waals surface area contributed by atoms with Gasteiger partial charge in [-0.15, -0.1) is 0 Å². The van der Waals surface area contributed by atoms with Crippen LogP contribution < -0.4 is 0 Å². The molecule has 0 radical (unpaired) electrons. The van der Waals surface area contributed by atoms with E-state index in [0.717, 1.165) is 12.3 Å². The summed E-state index contributed by atoms with van der Waals surface area (Å²) in [5.74, 6) is 0.865. The first-order valence-corrected chi connectivity index (χ1v) is 9.58. The Balaban J connectivity index is 0. The van der Waals surface area contributed by atoms with Crippen LogP contribution in [0.1, 0.15) is 34.6 Å². The molecule has 0 aliphatic carbocycles. The number of nitrogens with zero attached hydrogens (tertiary/aromatic N) is 1. The second kappa shape index (κ2) is 10.2. The van der Waals surface area contributed by atoms with Crippen molar-refractivity contribution in [1.82, 2.24) is 4.90 Å². The fourth-order valence-corrected chi connectivity index (χ4v) is 4.64. The summed E-state index contributed by atoms with van der Waals surface area (Å²) in [6.45, 7) is 11.4. The molecule has 0 aromatic heterocycles. The third-order valence-electron chi connectivity index (χ3n) is 2.37. The van der Waals surface area contributed by atoms with Gasteiger partial charge in [0, 0.05) is 58.7 Å². The van der Waals surface area contributed by atoms with Crippen LogP contribution in [0, 0.1) is 0 Å². The van der Waals surface area contributed by atoms with E-state index in [9.17, 15) is 4.57 Å². The normalized spacial score (nSPS) is 15.1. The molecule has 0 bridgehead atoms. The maximum atomic E-state index is 11.9. The Labute approximate surface area is 131 Å². The summed E-state index contributed by atoms with van der Waals surface area (Å²) in [7, 11) is 0. The van der Waals surface area contributed by atoms with Crippen LogP contribution in [-0.4, -0.2) is 42.6 Å². The minimum atomic E-state index is -2.42. The molecule has 0 fully saturated rings. The number of rotatable bonds is 8. The molecule has 0 spiro atoms. The van der Waals surface area contributed by atoms with Gasteiger partial charge in [-0.05, 0) is 34.6 Å². The predicted octanol–water partition coefficient (Wildman–Crippen LogP) is 3.70. The first-order chi connectivity index (χ1) is 7.30. The molecule has 0 saturated carbocycles. The molecule has 0 amide bonds. The van der Waals surface area contributed by atoms with Crippen molar-refractivity contribution in [3.05, 3.63) is 0 Å².